The Balaban J connectivity index is -0.0000000403. The van der Waals surface area contributed by atoms with Gasteiger partial charge in [-0.05, 0) is 0 Å². The average Bonchev–Trinajstić information content (AvgIpc) is 3.04. The third-order valence-electron chi connectivity index (χ3n) is 2.00. The zero-order chi connectivity index (χ0) is 29.4. The Morgan fingerprint density at radius 2 is 0.229 bits per heavy atom. The quantitative estimate of drug-likeness (QED) is 0.295. The van der Waals surface area contributed by atoms with Crippen molar-refractivity contribution in [2.24, 2.45) is 0 Å². The van der Waals surface area contributed by atoms with Gasteiger partial charge in [-0.15, -0.1) is 0 Å². The summed E-state index contributed by atoms with van der Waals surface area (Å²) in [4.78, 5) is 0. The molecular formula is C35H68. The molecule has 3 aromatic carbocycles. The van der Waals surface area contributed by atoms with Gasteiger partial charge in [-0.1, -0.05) is 226 Å². The van der Waals surface area contributed by atoms with Gasteiger partial charge in [0.1, 0.15) is 0 Å². The minimum absolute atomic E-state index is 1.25. The van der Waals surface area contributed by atoms with Crippen molar-refractivity contribution in [1.29, 1.82) is 0 Å². The molecule has 0 atom stereocenters. The lowest BCUT2D eigenvalue weighted by Gasteiger charge is -1.69. The Kier molecular flexibility index (Phi) is 165. The molecule has 0 fully saturated rings. The molecule has 0 aliphatic rings. The standard InChI is InChI=1S/3C6H6.C3H8.7C2H6/c3*1-2-4-6-5-3-1;1-3-2;7*1-2/h3*1-6H;3H2,1-2H3;7*1-2H3. The van der Waals surface area contributed by atoms with E-state index < -0.39 is 0 Å². The van der Waals surface area contributed by atoms with Gasteiger partial charge < -0.3 is 0 Å². The molecule has 0 heterocycles. The zero-order valence-electron chi connectivity index (χ0n) is 27.1. The smallest absolute Gasteiger partial charge is 0.0590 e. The summed E-state index contributed by atoms with van der Waals surface area (Å²) in [5.74, 6) is 0. The van der Waals surface area contributed by atoms with E-state index in [1.807, 2.05) is 206 Å². The van der Waals surface area contributed by atoms with Crippen LogP contribution in [0.1, 0.15) is 117 Å². The fourth-order valence-corrected chi connectivity index (χ4v) is 1.15. The highest BCUT2D eigenvalue weighted by Gasteiger charge is 1.59. The van der Waals surface area contributed by atoms with Crippen molar-refractivity contribution in [3.8, 4) is 0 Å². The summed E-state index contributed by atoms with van der Waals surface area (Å²) in [6, 6.07) is 36.0. The van der Waals surface area contributed by atoms with Crippen molar-refractivity contribution in [3.63, 3.8) is 0 Å². The zero-order valence-corrected chi connectivity index (χ0v) is 27.1. The number of benzene rings is 3. The lowest BCUT2D eigenvalue weighted by atomic mass is 10.4. The highest BCUT2D eigenvalue weighted by atomic mass is 13.7. The summed E-state index contributed by atoms with van der Waals surface area (Å²) in [7, 11) is 0. The monoisotopic (exact) mass is 489 g/mol. The Morgan fingerprint density at radius 3 is 0.257 bits per heavy atom. The van der Waals surface area contributed by atoms with E-state index >= 15 is 0 Å². The largest absolute Gasteiger partial charge is 0.0683 e. The summed E-state index contributed by atoms with van der Waals surface area (Å²) >= 11 is 0. The van der Waals surface area contributed by atoms with E-state index in [2.05, 4.69) is 13.8 Å². The van der Waals surface area contributed by atoms with Crippen molar-refractivity contribution < 1.29 is 0 Å². The van der Waals surface area contributed by atoms with Crippen LogP contribution in [0.4, 0.5) is 0 Å². The van der Waals surface area contributed by atoms with Crippen molar-refractivity contribution in [2.45, 2.75) is 117 Å². The minimum Gasteiger partial charge on any atom is -0.0683 e. The highest BCUT2D eigenvalue weighted by Crippen LogP contribution is 1.81. The molecule has 0 unspecified atom stereocenters. The molecule has 0 aliphatic heterocycles. The number of hydrogen-bond donors (Lipinski definition) is 0. The van der Waals surface area contributed by atoms with Crippen LogP contribution in [-0.2, 0) is 0 Å². The van der Waals surface area contributed by atoms with E-state index in [4.69, 9.17) is 0 Å². The second kappa shape index (κ2) is 107. The Bertz CT molecular complexity index is 305. The van der Waals surface area contributed by atoms with E-state index in [0.717, 1.165) is 0 Å². The molecule has 3 rings (SSSR count). The van der Waals surface area contributed by atoms with Crippen LogP contribution in [0.15, 0.2) is 109 Å². The predicted molar refractivity (Wildman–Crippen MR) is 175 cm³/mol. The molecule has 0 spiro atoms. The first-order valence-corrected chi connectivity index (χ1v) is 14.4. The molecule has 0 aliphatic carbocycles. The van der Waals surface area contributed by atoms with E-state index in [0.29, 0.717) is 0 Å². The Hall–Kier alpha value is -2.34. The lowest BCUT2D eigenvalue weighted by molar-refractivity contribution is 1.09. The van der Waals surface area contributed by atoms with E-state index in [1.165, 1.54) is 6.42 Å². The van der Waals surface area contributed by atoms with Crippen molar-refractivity contribution in [2.75, 3.05) is 0 Å². The minimum atomic E-state index is 1.25. The highest BCUT2D eigenvalue weighted by molar-refractivity contribution is 5.00. The molecule has 0 radical (unpaired) electrons. The van der Waals surface area contributed by atoms with Crippen LogP contribution >= 0.6 is 0 Å². The van der Waals surface area contributed by atoms with Gasteiger partial charge in [0.2, 0.25) is 0 Å². The van der Waals surface area contributed by atoms with Crippen molar-refractivity contribution >= 4 is 0 Å². The fraction of sp³-hybridized carbons (Fsp3) is 0.486. The number of rotatable bonds is 0. The van der Waals surface area contributed by atoms with E-state index in [1.54, 1.807) is 0 Å². The maximum absolute atomic E-state index is 2.12. The second-order valence-electron chi connectivity index (χ2n) is 4.17. The first-order chi connectivity index (χ1) is 17.4. The normalized spacial score (nSPS) is 5.83. The summed E-state index contributed by atoms with van der Waals surface area (Å²) in [5, 5.41) is 0. The summed E-state index contributed by atoms with van der Waals surface area (Å²) in [5.41, 5.74) is 0. The SMILES string of the molecule is CC.CC.CC.CC.CC.CC.CC.CCC.c1ccccc1.c1ccccc1.c1ccccc1. The molecule has 3 aromatic rings. The van der Waals surface area contributed by atoms with Crippen LogP contribution < -0.4 is 0 Å². The van der Waals surface area contributed by atoms with Gasteiger partial charge in [-0.25, -0.2) is 0 Å². The molecule has 0 N–H and O–H groups in total. The second-order valence-corrected chi connectivity index (χ2v) is 4.17. The molecule has 0 nitrogen and oxygen atoms in total. The van der Waals surface area contributed by atoms with Crippen LogP contribution in [0, 0.1) is 0 Å². The number of hydrogen-bond acceptors (Lipinski definition) is 0. The summed E-state index contributed by atoms with van der Waals surface area (Å²) in [6.45, 7) is 32.2. The Morgan fingerprint density at radius 1 is 0.200 bits per heavy atom. The molecule has 35 heavy (non-hydrogen) atoms. The molecular weight excluding hydrogens is 420 g/mol. The van der Waals surface area contributed by atoms with Crippen LogP contribution in [0.3, 0.4) is 0 Å². The van der Waals surface area contributed by atoms with Gasteiger partial charge in [0.05, 0.1) is 0 Å². The van der Waals surface area contributed by atoms with Gasteiger partial charge in [0.15, 0.2) is 0 Å². The first kappa shape index (κ1) is 53.8. The van der Waals surface area contributed by atoms with Crippen LogP contribution in [0.25, 0.3) is 0 Å². The van der Waals surface area contributed by atoms with Crippen molar-refractivity contribution in [1.82, 2.24) is 0 Å². The van der Waals surface area contributed by atoms with E-state index in [9.17, 15) is 0 Å². The third-order valence-corrected chi connectivity index (χ3v) is 2.00. The van der Waals surface area contributed by atoms with Gasteiger partial charge in [-0.2, -0.15) is 0 Å². The lowest BCUT2D eigenvalue weighted by Crippen LogP contribution is -1.47. The molecule has 0 bridgehead atoms. The third kappa shape index (κ3) is 114. The fourth-order valence-electron chi connectivity index (χ4n) is 1.15. The maximum Gasteiger partial charge on any atom is -0.0590 e. The average molecular weight is 489 g/mol. The van der Waals surface area contributed by atoms with Gasteiger partial charge in [-0.3, -0.25) is 0 Å². The molecule has 0 saturated carbocycles. The van der Waals surface area contributed by atoms with Gasteiger partial charge in [0.25, 0.3) is 0 Å². The van der Waals surface area contributed by atoms with Gasteiger partial charge >= 0.3 is 0 Å². The molecule has 208 valence electrons. The Labute approximate surface area is 226 Å². The van der Waals surface area contributed by atoms with Crippen molar-refractivity contribution in [3.05, 3.63) is 109 Å². The van der Waals surface area contributed by atoms with Crippen LogP contribution in [-0.4, -0.2) is 0 Å². The topological polar surface area (TPSA) is 0 Å². The summed E-state index contributed by atoms with van der Waals surface area (Å²) in [6.07, 6.45) is 1.25. The van der Waals surface area contributed by atoms with Crippen LogP contribution in [0.5, 0.6) is 0 Å². The molecule has 0 amide bonds. The molecule has 0 saturated heterocycles. The molecule has 0 heteroatoms. The van der Waals surface area contributed by atoms with E-state index in [-0.39, 0.29) is 0 Å². The maximum atomic E-state index is 2.12. The summed E-state index contributed by atoms with van der Waals surface area (Å²) < 4.78 is 0. The first-order valence-electron chi connectivity index (χ1n) is 14.4. The predicted octanol–water partition coefficient (Wildman–Crippen LogP) is 13.7. The van der Waals surface area contributed by atoms with Gasteiger partial charge in [0, 0.05) is 0 Å². The van der Waals surface area contributed by atoms with Crippen LogP contribution in [0.2, 0.25) is 0 Å². The molecule has 0 aromatic heterocycles.